The van der Waals surface area contributed by atoms with Gasteiger partial charge in [0, 0.05) is 11.5 Å². The maximum atomic E-state index is 9.41. The zero-order chi connectivity index (χ0) is 13.2. The molecular formula is C18H13N. The van der Waals surface area contributed by atoms with Crippen molar-refractivity contribution in [3.05, 3.63) is 83.4 Å². The lowest BCUT2D eigenvalue weighted by Gasteiger charge is -2.25. The third-order valence-electron chi connectivity index (χ3n) is 3.54. The summed E-state index contributed by atoms with van der Waals surface area (Å²) in [5, 5.41) is 9.41. The molecule has 0 fully saturated rings. The number of nitrogens with zero attached hydrogens (tertiary/aromatic N) is 1. The van der Waals surface area contributed by atoms with Gasteiger partial charge in [-0.3, -0.25) is 0 Å². The Bertz CT molecular complexity index is 702. The van der Waals surface area contributed by atoms with E-state index in [1.807, 2.05) is 42.5 Å². The van der Waals surface area contributed by atoms with Gasteiger partial charge in [-0.1, -0.05) is 61.2 Å². The van der Waals surface area contributed by atoms with Crippen LogP contribution < -0.4 is 0 Å². The highest BCUT2D eigenvalue weighted by Gasteiger charge is 2.26. The zero-order valence-electron chi connectivity index (χ0n) is 10.5. The molecule has 1 aliphatic carbocycles. The predicted octanol–water partition coefficient (Wildman–Crippen LogP) is 4.40. The summed E-state index contributed by atoms with van der Waals surface area (Å²) in [7, 11) is 0. The number of fused-ring (bicyclic) bond motifs is 1. The van der Waals surface area contributed by atoms with Gasteiger partial charge < -0.3 is 0 Å². The van der Waals surface area contributed by atoms with E-state index < -0.39 is 0 Å². The van der Waals surface area contributed by atoms with Crippen LogP contribution in [0.15, 0.2) is 66.7 Å². The van der Waals surface area contributed by atoms with Crippen LogP contribution >= 0.6 is 0 Å². The van der Waals surface area contributed by atoms with Crippen molar-refractivity contribution < 1.29 is 0 Å². The third kappa shape index (κ3) is 1.88. The molecule has 0 heterocycles. The monoisotopic (exact) mass is 243 g/mol. The van der Waals surface area contributed by atoms with E-state index in [2.05, 4.69) is 30.8 Å². The van der Waals surface area contributed by atoms with Gasteiger partial charge in [-0.25, -0.2) is 0 Å². The van der Waals surface area contributed by atoms with Crippen LogP contribution in [0.2, 0.25) is 0 Å². The maximum Gasteiger partial charge on any atom is 0.0957 e. The Morgan fingerprint density at radius 3 is 2.37 bits per heavy atom. The quantitative estimate of drug-likeness (QED) is 0.728. The van der Waals surface area contributed by atoms with Crippen molar-refractivity contribution in [1.82, 2.24) is 0 Å². The number of allylic oxidation sites excluding steroid dienone is 2. The van der Waals surface area contributed by atoms with Gasteiger partial charge in [0.05, 0.1) is 6.07 Å². The highest BCUT2D eigenvalue weighted by molar-refractivity contribution is 5.86. The standard InChI is InChI=1S/C18H13N/c1-13-17-10-6-5-9-15(17)11-16(12-19)18(13)14-7-3-2-4-8-14/h2-11,18H,1H2/t18-/m1/s1. The Labute approximate surface area is 113 Å². The maximum absolute atomic E-state index is 9.41. The van der Waals surface area contributed by atoms with E-state index in [1.54, 1.807) is 0 Å². The van der Waals surface area contributed by atoms with E-state index in [9.17, 15) is 5.26 Å². The van der Waals surface area contributed by atoms with Gasteiger partial charge >= 0.3 is 0 Å². The number of hydrogen-bond acceptors (Lipinski definition) is 1. The molecule has 0 aliphatic heterocycles. The van der Waals surface area contributed by atoms with Crippen LogP contribution in [-0.2, 0) is 0 Å². The molecule has 0 spiro atoms. The fraction of sp³-hybridized carbons (Fsp3) is 0.0556. The summed E-state index contributed by atoms with van der Waals surface area (Å²) in [6.07, 6.45) is 1.97. The van der Waals surface area contributed by atoms with Crippen LogP contribution in [0, 0.1) is 11.3 Å². The molecule has 0 N–H and O–H groups in total. The Morgan fingerprint density at radius 1 is 0.947 bits per heavy atom. The molecular weight excluding hydrogens is 230 g/mol. The first kappa shape index (κ1) is 11.5. The molecule has 0 unspecified atom stereocenters. The van der Waals surface area contributed by atoms with Crippen molar-refractivity contribution in [2.45, 2.75) is 5.92 Å². The first-order valence-corrected chi connectivity index (χ1v) is 6.26. The van der Waals surface area contributed by atoms with Crippen LogP contribution in [0.1, 0.15) is 22.6 Å². The lowest BCUT2D eigenvalue weighted by atomic mass is 9.77. The van der Waals surface area contributed by atoms with Crippen LogP contribution in [-0.4, -0.2) is 0 Å². The molecule has 3 rings (SSSR count). The van der Waals surface area contributed by atoms with E-state index in [0.29, 0.717) is 0 Å². The normalized spacial score (nSPS) is 17.3. The van der Waals surface area contributed by atoms with E-state index in [0.717, 1.165) is 27.8 Å². The second-order valence-electron chi connectivity index (χ2n) is 4.67. The van der Waals surface area contributed by atoms with Gasteiger partial charge in [0.15, 0.2) is 0 Å². The fourth-order valence-corrected chi connectivity index (χ4v) is 2.63. The highest BCUT2D eigenvalue weighted by Crippen LogP contribution is 2.42. The zero-order valence-corrected chi connectivity index (χ0v) is 10.5. The van der Waals surface area contributed by atoms with Crippen LogP contribution in [0.5, 0.6) is 0 Å². The molecule has 1 nitrogen and oxygen atoms in total. The van der Waals surface area contributed by atoms with Gasteiger partial charge in [-0.15, -0.1) is 0 Å². The summed E-state index contributed by atoms with van der Waals surface area (Å²) < 4.78 is 0. The minimum absolute atomic E-state index is 0.0268. The van der Waals surface area contributed by atoms with E-state index >= 15 is 0 Å². The van der Waals surface area contributed by atoms with E-state index in [4.69, 9.17) is 0 Å². The molecule has 1 heteroatoms. The lowest BCUT2D eigenvalue weighted by molar-refractivity contribution is 1.05. The Morgan fingerprint density at radius 2 is 1.63 bits per heavy atom. The molecule has 0 bridgehead atoms. The van der Waals surface area contributed by atoms with Crippen molar-refractivity contribution in [3.63, 3.8) is 0 Å². The Kier molecular flexibility index (Phi) is 2.78. The average molecular weight is 243 g/mol. The molecule has 0 saturated heterocycles. The minimum atomic E-state index is -0.0268. The van der Waals surface area contributed by atoms with E-state index in [-0.39, 0.29) is 5.92 Å². The number of benzene rings is 2. The summed E-state index contributed by atoms with van der Waals surface area (Å²) in [6, 6.07) is 20.5. The average Bonchev–Trinajstić information content (AvgIpc) is 2.48. The molecule has 0 amide bonds. The first-order chi connectivity index (χ1) is 9.31. The van der Waals surface area contributed by atoms with Crippen molar-refractivity contribution in [3.8, 4) is 6.07 Å². The second-order valence-corrected chi connectivity index (χ2v) is 4.67. The number of rotatable bonds is 1. The minimum Gasteiger partial charge on any atom is -0.193 e. The molecule has 1 aliphatic rings. The van der Waals surface area contributed by atoms with Gasteiger partial charge in [0.25, 0.3) is 0 Å². The molecule has 0 radical (unpaired) electrons. The van der Waals surface area contributed by atoms with Gasteiger partial charge in [0.2, 0.25) is 0 Å². The Hall–Kier alpha value is -2.59. The lowest BCUT2D eigenvalue weighted by Crippen LogP contribution is -2.09. The topological polar surface area (TPSA) is 23.8 Å². The van der Waals surface area contributed by atoms with Crippen LogP contribution in [0.4, 0.5) is 0 Å². The smallest absolute Gasteiger partial charge is 0.0957 e. The van der Waals surface area contributed by atoms with Crippen molar-refractivity contribution in [2.24, 2.45) is 0 Å². The van der Waals surface area contributed by atoms with Crippen molar-refractivity contribution in [1.29, 1.82) is 5.26 Å². The third-order valence-corrected chi connectivity index (χ3v) is 3.54. The summed E-state index contributed by atoms with van der Waals surface area (Å²) in [4.78, 5) is 0. The SMILES string of the molecule is C=C1c2ccccc2C=C(C#N)[C@H]1c1ccccc1. The molecule has 0 aromatic heterocycles. The highest BCUT2D eigenvalue weighted by atomic mass is 14.3. The van der Waals surface area contributed by atoms with Gasteiger partial charge in [-0.05, 0) is 28.3 Å². The fourth-order valence-electron chi connectivity index (χ4n) is 2.63. The Balaban J connectivity index is 2.18. The number of hydrogen-bond donors (Lipinski definition) is 0. The molecule has 19 heavy (non-hydrogen) atoms. The second kappa shape index (κ2) is 4.59. The molecule has 0 saturated carbocycles. The van der Waals surface area contributed by atoms with Crippen molar-refractivity contribution in [2.75, 3.05) is 0 Å². The molecule has 2 aromatic carbocycles. The summed E-state index contributed by atoms with van der Waals surface area (Å²) in [6.45, 7) is 4.22. The summed E-state index contributed by atoms with van der Waals surface area (Å²) in [5.74, 6) is -0.0268. The predicted molar refractivity (Wildman–Crippen MR) is 78.2 cm³/mol. The molecule has 2 aromatic rings. The molecule has 90 valence electrons. The van der Waals surface area contributed by atoms with Crippen molar-refractivity contribution >= 4 is 11.6 Å². The molecule has 1 atom stereocenters. The largest absolute Gasteiger partial charge is 0.193 e. The summed E-state index contributed by atoms with van der Waals surface area (Å²) >= 11 is 0. The van der Waals surface area contributed by atoms with E-state index in [1.165, 1.54) is 0 Å². The van der Waals surface area contributed by atoms with Gasteiger partial charge in [0.1, 0.15) is 0 Å². The van der Waals surface area contributed by atoms with Crippen LogP contribution in [0.25, 0.3) is 11.6 Å². The van der Waals surface area contributed by atoms with Crippen LogP contribution in [0.3, 0.4) is 0 Å². The van der Waals surface area contributed by atoms with Gasteiger partial charge in [-0.2, -0.15) is 5.26 Å². The first-order valence-electron chi connectivity index (χ1n) is 6.26. The summed E-state index contributed by atoms with van der Waals surface area (Å²) in [5.41, 5.74) is 5.09. The number of nitriles is 1.